The van der Waals surface area contributed by atoms with Crippen LogP contribution in [0.3, 0.4) is 0 Å². The minimum absolute atomic E-state index is 0.467. The first-order valence-electron chi connectivity index (χ1n) is 9.31. The summed E-state index contributed by atoms with van der Waals surface area (Å²) in [7, 11) is 0. The second kappa shape index (κ2) is 9.26. The van der Waals surface area contributed by atoms with Crippen LogP contribution in [0.5, 0.6) is 5.75 Å². The molecule has 0 fully saturated rings. The molecular weight excluding hydrogens is 338 g/mol. The second-order valence-electron chi connectivity index (χ2n) is 7.41. The van der Waals surface area contributed by atoms with Gasteiger partial charge < -0.3 is 9.47 Å². The van der Waals surface area contributed by atoms with Gasteiger partial charge >= 0.3 is 6.09 Å². The SMILES string of the molecule is C=C(c1ccc(NC(=O)OC(C)(C)C)cc1)c1cccc(OCCCC)c1. The van der Waals surface area contributed by atoms with Crippen LogP contribution in [0.15, 0.2) is 55.1 Å². The molecule has 2 aromatic rings. The number of carbonyl (C=O) groups is 1. The van der Waals surface area contributed by atoms with E-state index in [-0.39, 0.29) is 0 Å². The standard InChI is InChI=1S/C23H29NO3/c1-6-7-15-26-21-10-8-9-19(16-21)17(2)18-11-13-20(14-12-18)24-22(25)27-23(3,4)5/h8-14,16H,2,6-7,15H2,1,3-5H3,(H,24,25). The highest BCUT2D eigenvalue weighted by Gasteiger charge is 2.16. The molecule has 27 heavy (non-hydrogen) atoms. The topological polar surface area (TPSA) is 47.6 Å². The van der Waals surface area contributed by atoms with Crippen molar-refractivity contribution in [2.24, 2.45) is 0 Å². The van der Waals surface area contributed by atoms with Crippen molar-refractivity contribution in [1.29, 1.82) is 0 Å². The van der Waals surface area contributed by atoms with Crippen LogP contribution in [0.4, 0.5) is 10.5 Å². The fraction of sp³-hybridized carbons (Fsp3) is 0.348. The first-order valence-corrected chi connectivity index (χ1v) is 9.31. The number of carbonyl (C=O) groups excluding carboxylic acids is 1. The van der Waals surface area contributed by atoms with Crippen molar-refractivity contribution >= 4 is 17.4 Å². The molecule has 1 N–H and O–H groups in total. The number of nitrogens with one attached hydrogen (secondary N) is 1. The van der Waals surface area contributed by atoms with Crippen LogP contribution in [0, 0.1) is 0 Å². The smallest absolute Gasteiger partial charge is 0.412 e. The molecule has 144 valence electrons. The summed E-state index contributed by atoms with van der Waals surface area (Å²) in [6, 6.07) is 15.5. The summed E-state index contributed by atoms with van der Waals surface area (Å²) in [5, 5.41) is 2.73. The Labute approximate surface area is 162 Å². The normalized spacial score (nSPS) is 11.0. The molecule has 4 nitrogen and oxygen atoms in total. The van der Waals surface area contributed by atoms with E-state index in [1.807, 2.05) is 69.3 Å². The van der Waals surface area contributed by atoms with Gasteiger partial charge in [0, 0.05) is 5.69 Å². The molecule has 2 rings (SSSR count). The lowest BCUT2D eigenvalue weighted by atomic mass is 9.99. The van der Waals surface area contributed by atoms with Crippen molar-refractivity contribution in [2.45, 2.75) is 46.1 Å². The van der Waals surface area contributed by atoms with Gasteiger partial charge in [-0.25, -0.2) is 4.79 Å². The first kappa shape index (κ1) is 20.6. The minimum Gasteiger partial charge on any atom is -0.494 e. The van der Waals surface area contributed by atoms with E-state index < -0.39 is 11.7 Å². The fourth-order valence-electron chi connectivity index (χ4n) is 2.45. The van der Waals surface area contributed by atoms with Crippen molar-refractivity contribution in [1.82, 2.24) is 0 Å². The Bertz CT molecular complexity index is 773. The van der Waals surface area contributed by atoms with Crippen LogP contribution in [0.25, 0.3) is 5.57 Å². The number of hydrogen-bond acceptors (Lipinski definition) is 3. The first-order chi connectivity index (χ1) is 12.8. The highest BCUT2D eigenvalue weighted by molar-refractivity contribution is 5.86. The zero-order valence-corrected chi connectivity index (χ0v) is 16.7. The van der Waals surface area contributed by atoms with Crippen LogP contribution in [0.1, 0.15) is 51.7 Å². The van der Waals surface area contributed by atoms with E-state index in [9.17, 15) is 4.79 Å². The van der Waals surface area contributed by atoms with Gasteiger partial charge in [0.25, 0.3) is 0 Å². The molecule has 0 heterocycles. The summed E-state index contributed by atoms with van der Waals surface area (Å²) in [5.74, 6) is 0.852. The van der Waals surface area contributed by atoms with Crippen molar-refractivity contribution in [3.8, 4) is 5.75 Å². The molecular formula is C23H29NO3. The lowest BCUT2D eigenvalue weighted by Crippen LogP contribution is -2.27. The number of ether oxygens (including phenoxy) is 2. The summed E-state index contributed by atoms with van der Waals surface area (Å²) >= 11 is 0. The van der Waals surface area contributed by atoms with Gasteiger partial charge in [-0.2, -0.15) is 0 Å². The molecule has 0 aliphatic heterocycles. The maximum Gasteiger partial charge on any atom is 0.412 e. The molecule has 0 aromatic heterocycles. The van der Waals surface area contributed by atoms with Gasteiger partial charge in [-0.1, -0.05) is 44.2 Å². The van der Waals surface area contributed by atoms with Crippen molar-refractivity contribution in [2.75, 3.05) is 11.9 Å². The maximum absolute atomic E-state index is 11.8. The maximum atomic E-state index is 11.8. The molecule has 0 spiro atoms. The predicted molar refractivity (Wildman–Crippen MR) is 111 cm³/mol. The minimum atomic E-state index is -0.525. The van der Waals surface area contributed by atoms with E-state index in [1.165, 1.54) is 0 Å². The van der Waals surface area contributed by atoms with E-state index >= 15 is 0 Å². The third kappa shape index (κ3) is 6.81. The Balaban J connectivity index is 2.03. The summed E-state index contributed by atoms with van der Waals surface area (Å²) < 4.78 is 11.0. The third-order valence-electron chi connectivity index (χ3n) is 3.83. The molecule has 0 saturated carbocycles. The molecule has 0 unspecified atom stereocenters. The Morgan fingerprint density at radius 3 is 2.41 bits per heavy atom. The Morgan fingerprint density at radius 2 is 1.78 bits per heavy atom. The van der Waals surface area contributed by atoms with Crippen LogP contribution < -0.4 is 10.1 Å². The van der Waals surface area contributed by atoms with E-state index in [0.29, 0.717) is 5.69 Å². The second-order valence-corrected chi connectivity index (χ2v) is 7.41. The summed E-state index contributed by atoms with van der Waals surface area (Å²) in [6.07, 6.45) is 1.68. The molecule has 2 aromatic carbocycles. The van der Waals surface area contributed by atoms with Crippen LogP contribution in [-0.4, -0.2) is 18.3 Å². The van der Waals surface area contributed by atoms with Crippen LogP contribution >= 0.6 is 0 Å². The molecule has 0 aliphatic rings. The van der Waals surface area contributed by atoms with Crippen LogP contribution in [0.2, 0.25) is 0 Å². The Hall–Kier alpha value is -2.75. The highest BCUT2D eigenvalue weighted by atomic mass is 16.6. The van der Waals surface area contributed by atoms with Gasteiger partial charge in [0.05, 0.1) is 6.61 Å². The molecule has 0 saturated heterocycles. The molecule has 0 bridgehead atoms. The van der Waals surface area contributed by atoms with Gasteiger partial charge in [0.1, 0.15) is 11.4 Å². The predicted octanol–water partition coefficient (Wildman–Crippen LogP) is 6.27. The average Bonchev–Trinajstić information content (AvgIpc) is 2.60. The largest absolute Gasteiger partial charge is 0.494 e. The summed E-state index contributed by atoms with van der Waals surface area (Å²) in [5.41, 5.74) is 3.05. The lowest BCUT2D eigenvalue weighted by Gasteiger charge is -2.19. The van der Waals surface area contributed by atoms with E-state index in [1.54, 1.807) is 0 Å². The Morgan fingerprint density at radius 1 is 1.07 bits per heavy atom. The zero-order valence-electron chi connectivity index (χ0n) is 16.7. The van der Waals surface area contributed by atoms with Gasteiger partial charge in [0.15, 0.2) is 0 Å². The Kier molecular flexibility index (Phi) is 7.05. The zero-order chi connectivity index (χ0) is 19.9. The summed E-state index contributed by atoms with van der Waals surface area (Å²) in [6.45, 7) is 12.6. The average molecular weight is 367 g/mol. The van der Waals surface area contributed by atoms with Crippen molar-refractivity contribution in [3.63, 3.8) is 0 Å². The monoisotopic (exact) mass is 367 g/mol. The number of hydrogen-bond donors (Lipinski definition) is 1. The van der Waals surface area contributed by atoms with Crippen molar-refractivity contribution < 1.29 is 14.3 Å². The van der Waals surface area contributed by atoms with Gasteiger partial charge in [-0.15, -0.1) is 0 Å². The quantitative estimate of drug-likeness (QED) is 0.586. The third-order valence-corrected chi connectivity index (χ3v) is 3.83. The number of anilines is 1. The molecule has 4 heteroatoms. The van der Waals surface area contributed by atoms with Gasteiger partial charge in [0.2, 0.25) is 0 Å². The van der Waals surface area contributed by atoms with E-state index in [2.05, 4.69) is 18.8 Å². The fourth-order valence-corrected chi connectivity index (χ4v) is 2.45. The highest BCUT2D eigenvalue weighted by Crippen LogP contribution is 2.26. The number of benzene rings is 2. The number of amides is 1. The molecule has 0 radical (unpaired) electrons. The van der Waals surface area contributed by atoms with E-state index in [0.717, 1.165) is 41.9 Å². The number of rotatable bonds is 7. The lowest BCUT2D eigenvalue weighted by molar-refractivity contribution is 0.0636. The van der Waals surface area contributed by atoms with Gasteiger partial charge in [-0.05, 0) is 68.2 Å². The molecule has 1 amide bonds. The van der Waals surface area contributed by atoms with Crippen molar-refractivity contribution in [3.05, 3.63) is 66.2 Å². The number of unbranched alkanes of at least 4 members (excludes halogenated alkanes) is 1. The molecule has 0 aliphatic carbocycles. The van der Waals surface area contributed by atoms with E-state index in [4.69, 9.17) is 9.47 Å². The van der Waals surface area contributed by atoms with Crippen LogP contribution in [-0.2, 0) is 4.74 Å². The summed E-state index contributed by atoms with van der Waals surface area (Å²) in [4.78, 5) is 11.8. The van der Waals surface area contributed by atoms with Gasteiger partial charge in [-0.3, -0.25) is 5.32 Å². The molecule has 0 atom stereocenters.